The molecule has 1 heterocycles. The highest BCUT2D eigenvalue weighted by molar-refractivity contribution is 5.96. The van der Waals surface area contributed by atoms with E-state index in [-0.39, 0.29) is 11.8 Å². The van der Waals surface area contributed by atoms with Crippen LogP contribution < -0.4 is 5.73 Å². The molecule has 0 bridgehead atoms. The number of amides is 1. The number of nitrogens with two attached hydrogens (primary N) is 1. The van der Waals surface area contributed by atoms with Crippen LogP contribution in [0.2, 0.25) is 0 Å². The fourth-order valence-corrected chi connectivity index (χ4v) is 2.55. The third-order valence-corrected chi connectivity index (χ3v) is 4.10. The smallest absolute Gasteiger partial charge is 0.254 e. The van der Waals surface area contributed by atoms with Crippen molar-refractivity contribution in [2.24, 2.45) is 11.7 Å². The van der Waals surface area contributed by atoms with Crippen LogP contribution in [0, 0.1) is 24.7 Å². The summed E-state index contributed by atoms with van der Waals surface area (Å²) < 4.78 is 0. The van der Waals surface area contributed by atoms with Gasteiger partial charge in [0.1, 0.15) is 0 Å². The monoisotopic (exact) mass is 286 g/mol. The molecule has 21 heavy (non-hydrogen) atoms. The Kier molecular flexibility index (Phi) is 5.00. The number of hydrogen-bond acceptors (Lipinski definition) is 3. The summed E-state index contributed by atoms with van der Waals surface area (Å²) in [6.45, 7) is 5.30. The first-order valence-corrected chi connectivity index (χ1v) is 7.30. The number of aliphatic hydroxyl groups is 1. The lowest BCUT2D eigenvalue weighted by molar-refractivity contribution is 0.0248. The van der Waals surface area contributed by atoms with E-state index in [1.807, 2.05) is 32.0 Å². The van der Waals surface area contributed by atoms with Crippen molar-refractivity contribution in [3.63, 3.8) is 0 Å². The minimum atomic E-state index is -0.441. The highest BCUT2D eigenvalue weighted by Gasteiger charge is 2.28. The van der Waals surface area contributed by atoms with E-state index in [0.29, 0.717) is 25.2 Å². The number of likely N-dealkylation sites (tertiary alicyclic amines) is 1. The van der Waals surface area contributed by atoms with Gasteiger partial charge in [0.2, 0.25) is 0 Å². The average molecular weight is 286 g/mol. The molecule has 0 spiro atoms. The number of piperidine rings is 1. The van der Waals surface area contributed by atoms with Crippen LogP contribution in [0.3, 0.4) is 0 Å². The predicted octanol–water partition coefficient (Wildman–Crippen LogP) is 1.15. The molecule has 112 valence electrons. The molecule has 2 atom stereocenters. The Balaban J connectivity index is 2.23. The lowest BCUT2D eigenvalue weighted by Gasteiger charge is -2.34. The summed E-state index contributed by atoms with van der Waals surface area (Å²) in [5.41, 5.74) is 7.75. The van der Waals surface area contributed by atoms with Crippen molar-refractivity contribution in [1.29, 1.82) is 0 Å². The zero-order chi connectivity index (χ0) is 15.4. The van der Waals surface area contributed by atoms with Crippen molar-refractivity contribution in [3.8, 4) is 11.8 Å². The molecule has 1 saturated heterocycles. The molecule has 3 N–H and O–H groups in total. The van der Waals surface area contributed by atoms with Crippen LogP contribution in [0.15, 0.2) is 18.2 Å². The predicted molar refractivity (Wildman–Crippen MR) is 82.8 cm³/mol. The number of benzene rings is 1. The molecular formula is C17H22N2O2. The van der Waals surface area contributed by atoms with E-state index in [2.05, 4.69) is 11.8 Å². The summed E-state index contributed by atoms with van der Waals surface area (Å²) in [7, 11) is 0. The maximum Gasteiger partial charge on any atom is 0.254 e. The lowest BCUT2D eigenvalue weighted by Crippen LogP contribution is -2.46. The van der Waals surface area contributed by atoms with E-state index in [0.717, 1.165) is 17.5 Å². The minimum absolute atomic E-state index is 0.0325. The number of nitrogens with zero attached hydrogens (tertiary/aromatic N) is 1. The zero-order valence-electron chi connectivity index (χ0n) is 12.6. The van der Waals surface area contributed by atoms with Crippen LogP contribution in [0.5, 0.6) is 0 Å². The molecule has 0 aliphatic carbocycles. The molecule has 4 heteroatoms. The Hall–Kier alpha value is -1.83. The topological polar surface area (TPSA) is 66.6 Å². The largest absolute Gasteiger partial charge is 0.391 e. The van der Waals surface area contributed by atoms with E-state index < -0.39 is 6.10 Å². The molecule has 1 fully saturated rings. The first-order chi connectivity index (χ1) is 10.0. The highest BCUT2D eigenvalue weighted by Crippen LogP contribution is 2.21. The first kappa shape index (κ1) is 15.6. The van der Waals surface area contributed by atoms with Gasteiger partial charge in [-0.2, -0.15) is 0 Å². The van der Waals surface area contributed by atoms with E-state index in [4.69, 9.17) is 5.73 Å². The molecule has 0 saturated carbocycles. The van der Waals surface area contributed by atoms with Gasteiger partial charge in [-0.3, -0.25) is 4.79 Å². The SMILES string of the molecule is Cc1c(C#CCN)cccc1C(=O)N1CCC(C)C(O)C1. The molecular weight excluding hydrogens is 264 g/mol. The maximum atomic E-state index is 12.6. The Labute approximate surface area is 125 Å². The van der Waals surface area contributed by atoms with Gasteiger partial charge >= 0.3 is 0 Å². The Bertz CT molecular complexity index is 586. The number of rotatable bonds is 1. The zero-order valence-corrected chi connectivity index (χ0v) is 12.6. The quantitative estimate of drug-likeness (QED) is 0.761. The van der Waals surface area contributed by atoms with E-state index in [1.54, 1.807) is 4.90 Å². The molecule has 2 unspecified atom stereocenters. The number of carbonyl (C=O) groups excluding carboxylic acids is 1. The van der Waals surface area contributed by atoms with Gasteiger partial charge in [0.15, 0.2) is 0 Å². The number of β-amino-alcohol motifs (C(OH)–C–C–N with tert-alkyl or cyclic N) is 1. The summed E-state index contributed by atoms with van der Waals surface area (Å²) in [6.07, 6.45) is 0.391. The van der Waals surface area contributed by atoms with Crippen LogP contribution in [0.4, 0.5) is 0 Å². The molecule has 4 nitrogen and oxygen atoms in total. The third-order valence-electron chi connectivity index (χ3n) is 4.10. The first-order valence-electron chi connectivity index (χ1n) is 7.30. The van der Waals surface area contributed by atoms with Gasteiger partial charge in [0.25, 0.3) is 5.91 Å². The number of carbonyl (C=O) groups is 1. The minimum Gasteiger partial charge on any atom is -0.391 e. The van der Waals surface area contributed by atoms with E-state index in [1.165, 1.54) is 0 Å². The molecule has 1 aromatic carbocycles. The Morgan fingerprint density at radius 2 is 2.29 bits per heavy atom. The van der Waals surface area contributed by atoms with Crippen molar-refractivity contribution < 1.29 is 9.90 Å². The van der Waals surface area contributed by atoms with E-state index >= 15 is 0 Å². The fourth-order valence-electron chi connectivity index (χ4n) is 2.55. The van der Waals surface area contributed by atoms with Crippen LogP contribution >= 0.6 is 0 Å². The van der Waals surface area contributed by atoms with Crippen molar-refractivity contribution >= 4 is 5.91 Å². The van der Waals surface area contributed by atoms with Crippen molar-refractivity contribution in [1.82, 2.24) is 4.90 Å². The second-order valence-corrected chi connectivity index (χ2v) is 5.57. The Morgan fingerprint density at radius 3 is 2.95 bits per heavy atom. The lowest BCUT2D eigenvalue weighted by atomic mass is 9.94. The highest BCUT2D eigenvalue weighted by atomic mass is 16.3. The fraction of sp³-hybridized carbons (Fsp3) is 0.471. The Morgan fingerprint density at radius 1 is 1.52 bits per heavy atom. The van der Waals surface area contributed by atoms with Gasteiger partial charge < -0.3 is 15.7 Å². The molecule has 1 aliphatic rings. The van der Waals surface area contributed by atoms with Gasteiger partial charge in [0.05, 0.1) is 12.6 Å². The molecule has 2 rings (SSSR count). The summed E-state index contributed by atoms with van der Waals surface area (Å²) >= 11 is 0. The van der Waals surface area contributed by atoms with Gasteiger partial charge in [0, 0.05) is 24.2 Å². The molecule has 1 amide bonds. The third kappa shape index (κ3) is 3.44. The van der Waals surface area contributed by atoms with Gasteiger partial charge in [-0.25, -0.2) is 0 Å². The van der Waals surface area contributed by atoms with Crippen molar-refractivity contribution in [2.45, 2.75) is 26.4 Å². The number of aliphatic hydroxyl groups excluding tert-OH is 1. The molecule has 0 aromatic heterocycles. The van der Waals surface area contributed by atoms with E-state index in [9.17, 15) is 9.90 Å². The van der Waals surface area contributed by atoms with Crippen LogP contribution in [0.25, 0.3) is 0 Å². The van der Waals surface area contributed by atoms with Crippen molar-refractivity contribution in [3.05, 3.63) is 34.9 Å². The number of hydrogen-bond donors (Lipinski definition) is 2. The maximum absolute atomic E-state index is 12.6. The second-order valence-electron chi connectivity index (χ2n) is 5.57. The van der Waals surface area contributed by atoms with Gasteiger partial charge in [-0.15, -0.1) is 0 Å². The molecule has 0 radical (unpaired) electrons. The summed E-state index contributed by atoms with van der Waals surface area (Å²) in [5, 5.41) is 9.95. The second kappa shape index (κ2) is 6.75. The summed E-state index contributed by atoms with van der Waals surface area (Å²) in [4.78, 5) is 14.4. The van der Waals surface area contributed by atoms with Crippen molar-refractivity contribution in [2.75, 3.05) is 19.6 Å². The van der Waals surface area contributed by atoms with Crippen LogP contribution in [0.1, 0.15) is 34.8 Å². The van der Waals surface area contributed by atoms with Gasteiger partial charge in [-0.1, -0.05) is 24.8 Å². The molecule has 1 aliphatic heterocycles. The standard InChI is InChI=1S/C17H22N2O2/c1-12-8-10-19(11-16(12)20)17(21)15-7-3-5-14(13(15)2)6-4-9-18/h3,5,7,12,16,20H,8-11,18H2,1-2H3. The summed E-state index contributed by atoms with van der Waals surface area (Å²) in [5.74, 6) is 6.02. The average Bonchev–Trinajstić information content (AvgIpc) is 2.48. The van der Waals surface area contributed by atoms with Crippen LogP contribution in [-0.4, -0.2) is 41.7 Å². The molecule has 1 aromatic rings. The van der Waals surface area contributed by atoms with Crippen LogP contribution in [-0.2, 0) is 0 Å². The summed E-state index contributed by atoms with van der Waals surface area (Å²) in [6, 6.07) is 5.54. The normalized spacial score (nSPS) is 21.6. The van der Waals surface area contributed by atoms with Gasteiger partial charge in [-0.05, 0) is 37.0 Å².